The number of aromatic nitrogens is 2. The molecule has 0 amide bonds. The molecular formula is C14H19N3O. The second kappa shape index (κ2) is 5.31. The van der Waals surface area contributed by atoms with Gasteiger partial charge in [0, 0.05) is 6.42 Å². The molecule has 2 N–H and O–H groups in total. The Morgan fingerprint density at radius 2 is 1.94 bits per heavy atom. The van der Waals surface area contributed by atoms with Crippen LogP contribution in [0.4, 0.5) is 0 Å². The van der Waals surface area contributed by atoms with E-state index in [1.807, 2.05) is 32.0 Å². The SMILES string of the molecule is CCC(C)(N)c1noc(CCc2ccccc2)n1. The summed E-state index contributed by atoms with van der Waals surface area (Å²) < 4.78 is 5.23. The van der Waals surface area contributed by atoms with Crippen LogP contribution in [0.15, 0.2) is 34.9 Å². The maximum absolute atomic E-state index is 6.07. The zero-order chi connectivity index (χ0) is 13.0. The van der Waals surface area contributed by atoms with Crippen LogP contribution in [-0.4, -0.2) is 10.1 Å². The lowest BCUT2D eigenvalue weighted by atomic mass is 10.0. The summed E-state index contributed by atoms with van der Waals surface area (Å²) in [5.74, 6) is 1.24. The third-order valence-electron chi connectivity index (χ3n) is 3.18. The molecule has 0 spiro atoms. The van der Waals surface area contributed by atoms with Gasteiger partial charge in [-0.05, 0) is 25.3 Å². The van der Waals surface area contributed by atoms with Crippen molar-refractivity contribution in [3.63, 3.8) is 0 Å². The highest BCUT2D eigenvalue weighted by molar-refractivity contribution is 5.15. The lowest BCUT2D eigenvalue weighted by Crippen LogP contribution is -2.33. The summed E-state index contributed by atoms with van der Waals surface area (Å²) in [7, 11) is 0. The molecule has 4 heteroatoms. The maximum atomic E-state index is 6.07. The molecule has 0 aliphatic rings. The third kappa shape index (κ3) is 2.96. The Morgan fingerprint density at radius 3 is 2.61 bits per heavy atom. The number of aryl methyl sites for hydroxylation is 2. The van der Waals surface area contributed by atoms with Crippen LogP contribution in [0.1, 0.15) is 37.5 Å². The number of nitrogens with two attached hydrogens (primary N) is 1. The van der Waals surface area contributed by atoms with E-state index in [0.717, 1.165) is 19.3 Å². The minimum Gasteiger partial charge on any atom is -0.339 e. The van der Waals surface area contributed by atoms with Crippen LogP contribution >= 0.6 is 0 Å². The van der Waals surface area contributed by atoms with E-state index in [-0.39, 0.29) is 0 Å². The van der Waals surface area contributed by atoms with Crippen molar-refractivity contribution >= 4 is 0 Å². The van der Waals surface area contributed by atoms with Crippen LogP contribution in [0.3, 0.4) is 0 Å². The summed E-state index contributed by atoms with van der Waals surface area (Å²) in [5.41, 5.74) is 6.83. The Bertz CT molecular complexity index is 491. The molecule has 0 aliphatic heterocycles. The summed E-state index contributed by atoms with van der Waals surface area (Å²) in [6, 6.07) is 10.3. The van der Waals surface area contributed by atoms with Crippen LogP contribution in [0, 0.1) is 0 Å². The topological polar surface area (TPSA) is 64.9 Å². The lowest BCUT2D eigenvalue weighted by molar-refractivity contribution is 0.352. The Morgan fingerprint density at radius 1 is 1.22 bits per heavy atom. The van der Waals surface area contributed by atoms with E-state index in [1.165, 1.54) is 5.56 Å². The smallest absolute Gasteiger partial charge is 0.227 e. The standard InChI is InChI=1S/C14H19N3O/c1-3-14(2,15)13-16-12(18-17-13)10-9-11-7-5-4-6-8-11/h4-8H,3,9-10,15H2,1-2H3. The average molecular weight is 245 g/mol. The van der Waals surface area contributed by atoms with Gasteiger partial charge < -0.3 is 10.3 Å². The number of benzene rings is 1. The van der Waals surface area contributed by atoms with E-state index in [4.69, 9.17) is 10.3 Å². The van der Waals surface area contributed by atoms with Gasteiger partial charge >= 0.3 is 0 Å². The Hall–Kier alpha value is -1.68. The molecule has 1 heterocycles. The van der Waals surface area contributed by atoms with Crippen LogP contribution in [0.25, 0.3) is 0 Å². The van der Waals surface area contributed by atoms with Crippen molar-refractivity contribution in [3.8, 4) is 0 Å². The van der Waals surface area contributed by atoms with Gasteiger partial charge in [-0.15, -0.1) is 0 Å². The highest BCUT2D eigenvalue weighted by Gasteiger charge is 2.24. The molecule has 2 rings (SSSR count). The predicted molar refractivity (Wildman–Crippen MR) is 70.0 cm³/mol. The summed E-state index contributed by atoms with van der Waals surface area (Å²) in [6.45, 7) is 3.93. The Balaban J connectivity index is 1.99. The van der Waals surface area contributed by atoms with E-state index in [2.05, 4.69) is 22.3 Å². The fourth-order valence-electron chi connectivity index (χ4n) is 1.64. The molecule has 18 heavy (non-hydrogen) atoms. The molecular weight excluding hydrogens is 226 g/mol. The first-order chi connectivity index (χ1) is 8.62. The molecule has 1 atom stereocenters. The Kier molecular flexibility index (Phi) is 3.77. The van der Waals surface area contributed by atoms with E-state index >= 15 is 0 Å². The normalized spacial score (nSPS) is 14.4. The molecule has 0 radical (unpaired) electrons. The fraction of sp³-hybridized carbons (Fsp3) is 0.429. The molecule has 0 fully saturated rings. The first-order valence-electron chi connectivity index (χ1n) is 6.27. The van der Waals surface area contributed by atoms with Crippen LogP contribution in [0.5, 0.6) is 0 Å². The van der Waals surface area contributed by atoms with Gasteiger partial charge in [0.25, 0.3) is 0 Å². The van der Waals surface area contributed by atoms with Gasteiger partial charge in [0.15, 0.2) is 5.82 Å². The number of nitrogens with zero attached hydrogens (tertiary/aromatic N) is 2. The molecule has 0 saturated carbocycles. The minimum absolute atomic E-state index is 0.505. The van der Waals surface area contributed by atoms with Crippen molar-refractivity contribution in [1.29, 1.82) is 0 Å². The van der Waals surface area contributed by atoms with Gasteiger partial charge in [0.1, 0.15) is 0 Å². The molecule has 96 valence electrons. The van der Waals surface area contributed by atoms with Crippen LogP contribution in [-0.2, 0) is 18.4 Å². The van der Waals surface area contributed by atoms with Crippen molar-refractivity contribution < 1.29 is 4.52 Å². The molecule has 0 saturated heterocycles. The largest absolute Gasteiger partial charge is 0.339 e. The first kappa shape index (κ1) is 12.8. The van der Waals surface area contributed by atoms with Crippen molar-refractivity contribution in [2.45, 2.75) is 38.6 Å². The van der Waals surface area contributed by atoms with Crippen molar-refractivity contribution in [2.24, 2.45) is 5.73 Å². The first-order valence-corrected chi connectivity index (χ1v) is 6.27. The highest BCUT2D eigenvalue weighted by atomic mass is 16.5. The van der Waals surface area contributed by atoms with Crippen LogP contribution in [0.2, 0.25) is 0 Å². The van der Waals surface area contributed by atoms with Gasteiger partial charge in [-0.1, -0.05) is 42.4 Å². The molecule has 0 aliphatic carbocycles. The summed E-state index contributed by atoms with van der Waals surface area (Å²) in [4.78, 5) is 4.37. The van der Waals surface area contributed by atoms with Gasteiger partial charge in [0.05, 0.1) is 5.54 Å². The van der Waals surface area contributed by atoms with Crippen molar-refractivity contribution in [2.75, 3.05) is 0 Å². The van der Waals surface area contributed by atoms with Gasteiger partial charge in [-0.2, -0.15) is 4.98 Å². The molecule has 1 aromatic carbocycles. The average Bonchev–Trinajstić information content (AvgIpc) is 2.87. The summed E-state index contributed by atoms with van der Waals surface area (Å²) >= 11 is 0. The van der Waals surface area contributed by atoms with Gasteiger partial charge in [-0.3, -0.25) is 0 Å². The second-order valence-electron chi connectivity index (χ2n) is 4.77. The summed E-state index contributed by atoms with van der Waals surface area (Å²) in [6.07, 6.45) is 2.43. The molecule has 1 aromatic heterocycles. The van der Waals surface area contributed by atoms with E-state index in [0.29, 0.717) is 11.7 Å². The monoisotopic (exact) mass is 245 g/mol. The Labute approximate surface area is 107 Å². The van der Waals surface area contributed by atoms with Crippen LogP contribution < -0.4 is 5.73 Å². The zero-order valence-corrected chi connectivity index (χ0v) is 10.9. The second-order valence-corrected chi connectivity index (χ2v) is 4.77. The van der Waals surface area contributed by atoms with Crippen molar-refractivity contribution in [3.05, 3.63) is 47.6 Å². The molecule has 1 unspecified atom stereocenters. The maximum Gasteiger partial charge on any atom is 0.227 e. The predicted octanol–water partition coefficient (Wildman–Crippen LogP) is 2.44. The lowest BCUT2D eigenvalue weighted by Gasteiger charge is -2.16. The van der Waals surface area contributed by atoms with Gasteiger partial charge in [-0.25, -0.2) is 0 Å². The number of rotatable bonds is 5. The molecule has 0 bridgehead atoms. The minimum atomic E-state index is -0.505. The quantitative estimate of drug-likeness (QED) is 0.878. The van der Waals surface area contributed by atoms with E-state index < -0.39 is 5.54 Å². The van der Waals surface area contributed by atoms with E-state index in [9.17, 15) is 0 Å². The summed E-state index contributed by atoms with van der Waals surface area (Å²) in [5, 5.41) is 3.96. The molecule has 2 aromatic rings. The number of hydrogen-bond donors (Lipinski definition) is 1. The third-order valence-corrected chi connectivity index (χ3v) is 3.18. The fourth-order valence-corrected chi connectivity index (χ4v) is 1.64. The van der Waals surface area contributed by atoms with Gasteiger partial charge in [0.2, 0.25) is 5.89 Å². The van der Waals surface area contributed by atoms with E-state index in [1.54, 1.807) is 0 Å². The number of hydrogen-bond acceptors (Lipinski definition) is 4. The highest BCUT2D eigenvalue weighted by Crippen LogP contribution is 2.18. The zero-order valence-electron chi connectivity index (χ0n) is 10.9. The van der Waals surface area contributed by atoms with Crippen molar-refractivity contribution in [1.82, 2.24) is 10.1 Å². The molecule has 4 nitrogen and oxygen atoms in total.